The van der Waals surface area contributed by atoms with Crippen LogP contribution in [0.4, 0.5) is 0 Å². The number of carbonyl (C=O) groups is 4. The average Bonchev–Trinajstić information content (AvgIpc) is 3.16. The molecular weight excluding hydrogens is 522 g/mol. The van der Waals surface area contributed by atoms with Crippen molar-refractivity contribution in [2.24, 2.45) is 0 Å². The zero-order chi connectivity index (χ0) is 25.3. The van der Waals surface area contributed by atoms with Crippen molar-refractivity contribution in [1.29, 1.82) is 0 Å². The molecule has 1 aliphatic rings. The van der Waals surface area contributed by atoms with Crippen molar-refractivity contribution in [2.75, 3.05) is 52.7 Å². The first-order chi connectivity index (χ1) is 17.0. The van der Waals surface area contributed by atoms with E-state index in [1.165, 1.54) is 12.2 Å². The molecule has 2 N–H and O–H groups in total. The summed E-state index contributed by atoms with van der Waals surface area (Å²) >= 11 is 3.38. The first kappa shape index (κ1) is 28.5. The van der Waals surface area contributed by atoms with Gasteiger partial charge < -0.3 is 24.8 Å². The van der Waals surface area contributed by atoms with Gasteiger partial charge >= 0.3 is 0 Å². The number of hydrogen-bond acceptors (Lipinski definition) is 7. The van der Waals surface area contributed by atoms with Crippen molar-refractivity contribution in [3.8, 4) is 5.75 Å². The summed E-state index contributed by atoms with van der Waals surface area (Å²) in [5.74, 6) is -0.299. The molecule has 0 radical (unpaired) electrons. The number of rotatable bonds is 18. The van der Waals surface area contributed by atoms with Crippen molar-refractivity contribution in [3.63, 3.8) is 0 Å². The van der Waals surface area contributed by atoms with Crippen molar-refractivity contribution >= 4 is 39.6 Å². The fourth-order valence-corrected chi connectivity index (χ4v) is 3.23. The normalized spacial score (nSPS) is 12.8. The number of benzene rings is 1. The molecule has 4 amide bonds. The van der Waals surface area contributed by atoms with E-state index in [9.17, 15) is 19.2 Å². The molecule has 10 nitrogen and oxygen atoms in total. The minimum Gasteiger partial charge on any atom is -0.494 e. The second-order valence-corrected chi connectivity index (χ2v) is 8.51. The largest absolute Gasteiger partial charge is 0.494 e. The molecule has 2 rings (SSSR count). The minimum absolute atomic E-state index is 0.0457. The number of unbranched alkanes of at least 4 members (excludes halogenated alkanes) is 1. The van der Waals surface area contributed by atoms with Gasteiger partial charge in [0.15, 0.2) is 0 Å². The summed E-state index contributed by atoms with van der Waals surface area (Å²) in [5.41, 5.74) is 0. The summed E-state index contributed by atoms with van der Waals surface area (Å²) in [4.78, 5) is 47.4. The molecule has 192 valence electrons. The Labute approximate surface area is 213 Å². The van der Waals surface area contributed by atoms with Crippen LogP contribution in [0.25, 0.3) is 0 Å². The molecule has 1 heterocycles. The van der Waals surface area contributed by atoms with Gasteiger partial charge in [0.05, 0.1) is 33.0 Å². The highest BCUT2D eigenvalue weighted by molar-refractivity contribution is 9.10. The third kappa shape index (κ3) is 12.5. The van der Waals surface area contributed by atoms with Crippen LogP contribution < -0.4 is 15.4 Å². The van der Waals surface area contributed by atoms with Crippen LogP contribution >= 0.6 is 15.9 Å². The lowest BCUT2D eigenvalue weighted by Crippen LogP contribution is -2.35. The molecule has 0 aromatic heterocycles. The molecule has 35 heavy (non-hydrogen) atoms. The molecule has 0 unspecified atom stereocenters. The highest BCUT2D eigenvalue weighted by atomic mass is 79.9. The Kier molecular flexibility index (Phi) is 13.7. The molecule has 0 aliphatic carbocycles. The predicted octanol–water partition coefficient (Wildman–Crippen LogP) is 1.58. The van der Waals surface area contributed by atoms with E-state index in [4.69, 9.17) is 14.2 Å². The van der Waals surface area contributed by atoms with E-state index in [1.807, 2.05) is 24.3 Å². The van der Waals surface area contributed by atoms with E-state index < -0.39 is 11.8 Å². The topological polar surface area (TPSA) is 123 Å². The average molecular weight is 554 g/mol. The lowest BCUT2D eigenvalue weighted by Gasteiger charge is -2.13. The van der Waals surface area contributed by atoms with Crippen LogP contribution in [-0.2, 0) is 28.7 Å². The zero-order valence-corrected chi connectivity index (χ0v) is 21.2. The second-order valence-electron chi connectivity index (χ2n) is 7.60. The highest BCUT2D eigenvalue weighted by Crippen LogP contribution is 2.16. The standard InChI is InChI=1S/C24H32BrN3O7/c25-19-3-5-20(6-4-19)35-14-2-1-11-26-22(30)10-15-33-17-18-34-16-12-27-21(29)9-13-28-23(31)7-8-24(28)32/h3-8H,1-2,9-18H2,(H,26,30)(H,27,29). The number of nitrogens with one attached hydrogen (secondary N) is 2. The third-order valence-corrected chi connectivity index (χ3v) is 5.38. The Bertz CT molecular complexity index is 843. The summed E-state index contributed by atoms with van der Waals surface area (Å²) in [6.45, 7) is 2.88. The van der Waals surface area contributed by atoms with Crippen LogP contribution in [0.3, 0.4) is 0 Å². The summed E-state index contributed by atoms with van der Waals surface area (Å²) in [6.07, 6.45) is 4.38. The monoisotopic (exact) mass is 553 g/mol. The SMILES string of the molecule is O=C(CCOCCOCCNC(=O)CCN1C(=O)C=CC1=O)NCCCCOc1ccc(Br)cc1. The van der Waals surface area contributed by atoms with Gasteiger partial charge in [-0.05, 0) is 37.1 Å². The first-order valence-corrected chi connectivity index (χ1v) is 12.4. The van der Waals surface area contributed by atoms with Crippen LogP contribution in [0, 0.1) is 0 Å². The van der Waals surface area contributed by atoms with Crippen molar-refractivity contribution < 1.29 is 33.4 Å². The Hall–Kier alpha value is -2.76. The van der Waals surface area contributed by atoms with E-state index in [0.717, 1.165) is 28.0 Å². The smallest absolute Gasteiger partial charge is 0.253 e. The quantitative estimate of drug-likeness (QED) is 0.209. The van der Waals surface area contributed by atoms with E-state index in [0.29, 0.717) is 46.1 Å². The number of ether oxygens (including phenoxy) is 3. The summed E-state index contributed by atoms with van der Waals surface area (Å²) in [7, 11) is 0. The van der Waals surface area contributed by atoms with Gasteiger partial charge in [-0.1, -0.05) is 15.9 Å². The predicted molar refractivity (Wildman–Crippen MR) is 132 cm³/mol. The van der Waals surface area contributed by atoms with Gasteiger partial charge in [0.2, 0.25) is 11.8 Å². The molecule has 1 aromatic carbocycles. The molecule has 0 spiro atoms. The molecule has 1 aliphatic heterocycles. The molecule has 0 saturated carbocycles. The number of amides is 4. The number of nitrogens with zero attached hydrogens (tertiary/aromatic N) is 1. The molecule has 11 heteroatoms. The molecule has 0 bridgehead atoms. The Morgan fingerprint density at radius 1 is 0.771 bits per heavy atom. The van der Waals surface area contributed by atoms with Gasteiger partial charge in [-0.2, -0.15) is 0 Å². The summed E-state index contributed by atoms with van der Waals surface area (Å²) in [5, 5.41) is 5.51. The van der Waals surface area contributed by atoms with Crippen LogP contribution in [0.2, 0.25) is 0 Å². The van der Waals surface area contributed by atoms with Gasteiger partial charge in [-0.3, -0.25) is 24.1 Å². The van der Waals surface area contributed by atoms with E-state index in [-0.39, 0.29) is 31.2 Å². The summed E-state index contributed by atoms with van der Waals surface area (Å²) in [6, 6.07) is 7.66. The summed E-state index contributed by atoms with van der Waals surface area (Å²) < 4.78 is 17.4. The van der Waals surface area contributed by atoms with Crippen molar-refractivity contribution in [3.05, 3.63) is 40.9 Å². The number of imide groups is 1. The molecule has 0 atom stereocenters. The molecule has 0 fully saturated rings. The van der Waals surface area contributed by atoms with Gasteiger partial charge in [-0.15, -0.1) is 0 Å². The number of carbonyl (C=O) groups excluding carboxylic acids is 4. The van der Waals surface area contributed by atoms with E-state index in [1.54, 1.807) is 0 Å². The third-order valence-electron chi connectivity index (χ3n) is 4.85. The van der Waals surface area contributed by atoms with Crippen molar-refractivity contribution in [2.45, 2.75) is 25.7 Å². The maximum atomic E-state index is 11.8. The lowest BCUT2D eigenvalue weighted by atomic mass is 10.3. The highest BCUT2D eigenvalue weighted by Gasteiger charge is 2.23. The molecule has 1 aromatic rings. The first-order valence-electron chi connectivity index (χ1n) is 11.6. The fraction of sp³-hybridized carbons (Fsp3) is 0.500. The van der Waals surface area contributed by atoms with E-state index in [2.05, 4.69) is 26.6 Å². The Morgan fingerprint density at radius 2 is 1.40 bits per heavy atom. The van der Waals surface area contributed by atoms with Gasteiger partial charge in [0, 0.05) is 49.1 Å². The van der Waals surface area contributed by atoms with Gasteiger partial charge in [-0.25, -0.2) is 0 Å². The number of hydrogen-bond donors (Lipinski definition) is 2. The fourth-order valence-electron chi connectivity index (χ4n) is 2.97. The Balaban J connectivity index is 1.32. The maximum Gasteiger partial charge on any atom is 0.253 e. The van der Waals surface area contributed by atoms with E-state index >= 15 is 0 Å². The molecule has 0 saturated heterocycles. The zero-order valence-electron chi connectivity index (χ0n) is 19.6. The maximum absolute atomic E-state index is 11.8. The molecular formula is C24H32BrN3O7. The number of halogens is 1. The minimum atomic E-state index is -0.401. The van der Waals surface area contributed by atoms with Gasteiger partial charge in [0.1, 0.15) is 5.75 Å². The Morgan fingerprint density at radius 3 is 2.11 bits per heavy atom. The van der Waals surface area contributed by atoms with Crippen LogP contribution in [0.5, 0.6) is 5.75 Å². The lowest BCUT2D eigenvalue weighted by molar-refractivity contribution is -0.137. The van der Waals surface area contributed by atoms with Crippen LogP contribution in [0.15, 0.2) is 40.9 Å². The van der Waals surface area contributed by atoms with Crippen LogP contribution in [-0.4, -0.2) is 81.2 Å². The van der Waals surface area contributed by atoms with Crippen LogP contribution in [0.1, 0.15) is 25.7 Å². The van der Waals surface area contributed by atoms with Crippen molar-refractivity contribution in [1.82, 2.24) is 15.5 Å². The second kappa shape index (κ2) is 16.8. The van der Waals surface area contributed by atoms with Gasteiger partial charge in [0.25, 0.3) is 11.8 Å².